The second kappa shape index (κ2) is 12.6. The van der Waals surface area contributed by atoms with Crippen molar-refractivity contribution in [3.63, 3.8) is 0 Å². The van der Waals surface area contributed by atoms with Crippen LogP contribution >= 0.6 is 0 Å². The van der Waals surface area contributed by atoms with Gasteiger partial charge in [-0.15, -0.1) is 0 Å². The maximum atomic E-state index is 13.5. The first-order valence-corrected chi connectivity index (χ1v) is 13.9. The van der Waals surface area contributed by atoms with Gasteiger partial charge < -0.3 is 13.9 Å². The SMILES string of the molecule is CCOC(=O)CN(Cc1cccc(OCc2nc(-c3ccccc3)oc2C)c1)S(=O)(=O)N(C)c1ccccc1. The lowest BCUT2D eigenvalue weighted by Gasteiger charge is -2.28. The molecule has 39 heavy (non-hydrogen) atoms. The van der Waals surface area contributed by atoms with Gasteiger partial charge in [-0.05, 0) is 55.8 Å². The molecule has 0 atom stereocenters. The second-order valence-corrected chi connectivity index (χ2v) is 10.7. The third-order valence-electron chi connectivity index (χ3n) is 5.95. The predicted octanol–water partition coefficient (Wildman–Crippen LogP) is 4.98. The Hall–Kier alpha value is -4.15. The van der Waals surface area contributed by atoms with Gasteiger partial charge in [-0.3, -0.25) is 9.10 Å². The summed E-state index contributed by atoms with van der Waals surface area (Å²) < 4.78 is 46.1. The van der Waals surface area contributed by atoms with Crippen molar-refractivity contribution >= 4 is 21.9 Å². The average molecular weight is 550 g/mol. The molecule has 4 aromatic rings. The number of carbonyl (C=O) groups excluding carboxylic acids is 1. The summed E-state index contributed by atoms with van der Waals surface area (Å²) in [5.41, 5.74) is 2.65. The summed E-state index contributed by atoms with van der Waals surface area (Å²) in [4.78, 5) is 16.9. The Morgan fingerprint density at radius 2 is 1.67 bits per heavy atom. The molecule has 9 nitrogen and oxygen atoms in total. The molecule has 3 aromatic carbocycles. The maximum absolute atomic E-state index is 13.5. The number of hydrogen-bond donors (Lipinski definition) is 0. The second-order valence-electron chi connectivity index (χ2n) is 8.71. The monoisotopic (exact) mass is 549 g/mol. The molecule has 0 spiro atoms. The summed E-state index contributed by atoms with van der Waals surface area (Å²) >= 11 is 0. The minimum absolute atomic E-state index is 0.0589. The first kappa shape index (κ1) is 27.9. The topological polar surface area (TPSA) is 102 Å². The number of rotatable bonds is 12. The van der Waals surface area contributed by atoms with E-state index in [1.165, 1.54) is 7.05 Å². The number of nitrogens with zero attached hydrogens (tertiary/aromatic N) is 3. The predicted molar refractivity (Wildman–Crippen MR) is 148 cm³/mol. The Labute approximate surface area is 228 Å². The molecule has 204 valence electrons. The number of para-hydroxylation sites is 1. The molecule has 0 aliphatic heterocycles. The number of esters is 1. The molecular formula is C29H31N3O6S. The summed E-state index contributed by atoms with van der Waals surface area (Å²) in [5, 5.41) is 0. The molecule has 0 amide bonds. The molecule has 0 unspecified atom stereocenters. The van der Waals surface area contributed by atoms with Gasteiger partial charge >= 0.3 is 16.2 Å². The first-order chi connectivity index (χ1) is 18.8. The third kappa shape index (κ3) is 7.04. The molecule has 0 saturated carbocycles. The van der Waals surface area contributed by atoms with Gasteiger partial charge in [0, 0.05) is 19.2 Å². The molecule has 1 heterocycles. The van der Waals surface area contributed by atoms with Crippen molar-refractivity contribution in [2.45, 2.75) is 27.0 Å². The van der Waals surface area contributed by atoms with Crippen LogP contribution in [0.2, 0.25) is 0 Å². The Morgan fingerprint density at radius 3 is 2.36 bits per heavy atom. The van der Waals surface area contributed by atoms with Gasteiger partial charge in [-0.25, -0.2) is 4.98 Å². The molecule has 0 aliphatic carbocycles. The summed E-state index contributed by atoms with van der Waals surface area (Å²) in [6, 6.07) is 25.3. The van der Waals surface area contributed by atoms with Gasteiger partial charge in [0.1, 0.15) is 30.4 Å². The number of anilines is 1. The fraction of sp³-hybridized carbons (Fsp3) is 0.241. The van der Waals surface area contributed by atoms with E-state index in [1.807, 2.05) is 37.3 Å². The number of hydrogen-bond acceptors (Lipinski definition) is 7. The number of ether oxygens (including phenoxy) is 2. The fourth-order valence-electron chi connectivity index (χ4n) is 3.87. The van der Waals surface area contributed by atoms with Crippen molar-refractivity contribution in [3.05, 3.63) is 102 Å². The van der Waals surface area contributed by atoms with Gasteiger partial charge in [0.05, 0.1) is 12.3 Å². The van der Waals surface area contributed by atoms with Crippen LogP contribution in [0.1, 0.15) is 23.9 Å². The van der Waals surface area contributed by atoms with E-state index in [9.17, 15) is 13.2 Å². The number of benzene rings is 3. The van der Waals surface area contributed by atoms with Crippen LogP contribution < -0.4 is 9.04 Å². The number of oxazole rings is 1. The zero-order chi connectivity index (χ0) is 27.8. The Morgan fingerprint density at radius 1 is 0.974 bits per heavy atom. The van der Waals surface area contributed by atoms with Crippen molar-refractivity contribution in [3.8, 4) is 17.2 Å². The molecule has 10 heteroatoms. The highest BCUT2D eigenvalue weighted by atomic mass is 32.2. The van der Waals surface area contributed by atoms with Crippen molar-refractivity contribution in [1.82, 2.24) is 9.29 Å². The van der Waals surface area contributed by atoms with Gasteiger partial charge in [-0.2, -0.15) is 12.7 Å². The highest BCUT2D eigenvalue weighted by Gasteiger charge is 2.30. The highest BCUT2D eigenvalue weighted by molar-refractivity contribution is 7.90. The van der Waals surface area contributed by atoms with E-state index in [4.69, 9.17) is 13.9 Å². The van der Waals surface area contributed by atoms with Crippen LogP contribution in [0.5, 0.6) is 5.75 Å². The van der Waals surface area contributed by atoms with Gasteiger partial charge in [0.15, 0.2) is 0 Å². The third-order valence-corrected chi connectivity index (χ3v) is 7.76. The molecule has 0 bridgehead atoms. The van der Waals surface area contributed by atoms with Crippen molar-refractivity contribution in [2.75, 3.05) is 24.5 Å². The molecule has 1 aromatic heterocycles. The van der Waals surface area contributed by atoms with E-state index in [0.29, 0.717) is 34.3 Å². The molecular weight excluding hydrogens is 518 g/mol. The average Bonchev–Trinajstić information content (AvgIpc) is 3.32. The minimum atomic E-state index is -4.06. The maximum Gasteiger partial charge on any atom is 0.321 e. The number of aromatic nitrogens is 1. The van der Waals surface area contributed by atoms with E-state index in [2.05, 4.69) is 4.98 Å². The molecule has 0 radical (unpaired) electrons. The normalized spacial score (nSPS) is 11.4. The Kier molecular flexibility index (Phi) is 9.00. The summed E-state index contributed by atoms with van der Waals surface area (Å²) in [6.45, 7) is 3.34. The first-order valence-electron chi connectivity index (χ1n) is 12.5. The van der Waals surface area contributed by atoms with Crippen LogP contribution in [-0.2, 0) is 32.9 Å². The molecule has 0 N–H and O–H groups in total. The van der Waals surface area contributed by atoms with Crippen LogP contribution in [-0.4, -0.2) is 43.9 Å². The highest BCUT2D eigenvalue weighted by Crippen LogP contribution is 2.24. The summed E-state index contributed by atoms with van der Waals surface area (Å²) in [7, 11) is -2.61. The molecule has 4 rings (SSSR count). The van der Waals surface area contributed by atoms with Crippen molar-refractivity contribution in [2.24, 2.45) is 0 Å². The largest absolute Gasteiger partial charge is 0.487 e. The quantitative estimate of drug-likeness (QED) is 0.230. The van der Waals surface area contributed by atoms with Gasteiger partial charge in [-0.1, -0.05) is 48.5 Å². The lowest BCUT2D eigenvalue weighted by molar-refractivity contribution is -0.143. The van der Waals surface area contributed by atoms with Crippen LogP contribution in [0, 0.1) is 6.92 Å². The van der Waals surface area contributed by atoms with E-state index < -0.39 is 22.7 Å². The van der Waals surface area contributed by atoms with Gasteiger partial charge in [0.25, 0.3) is 0 Å². The van der Waals surface area contributed by atoms with E-state index in [1.54, 1.807) is 61.5 Å². The van der Waals surface area contributed by atoms with E-state index in [0.717, 1.165) is 14.2 Å². The summed E-state index contributed by atoms with van der Waals surface area (Å²) in [5.74, 6) is 1.06. The van der Waals surface area contributed by atoms with Crippen LogP contribution in [0.3, 0.4) is 0 Å². The van der Waals surface area contributed by atoms with Crippen LogP contribution in [0.25, 0.3) is 11.5 Å². The molecule has 0 aliphatic rings. The van der Waals surface area contributed by atoms with Crippen molar-refractivity contribution in [1.29, 1.82) is 0 Å². The molecule has 0 fully saturated rings. The van der Waals surface area contributed by atoms with Crippen LogP contribution in [0.4, 0.5) is 5.69 Å². The van der Waals surface area contributed by atoms with Crippen molar-refractivity contribution < 1.29 is 27.1 Å². The number of carbonyl (C=O) groups is 1. The smallest absolute Gasteiger partial charge is 0.321 e. The fourth-order valence-corrected chi connectivity index (χ4v) is 5.18. The lowest BCUT2D eigenvalue weighted by Crippen LogP contribution is -2.44. The Bertz CT molecular complexity index is 1490. The molecule has 0 saturated heterocycles. The zero-order valence-electron chi connectivity index (χ0n) is 22.1. The lowest BCUT2D eigenvalue weighted by atomic mass is 10.2. The number of aryl methyl sites for hydroxylation is 1. The Balaban J connectivity index is 1.51. The van der Waals surface area contributed by atoms with E-state index in [-0.39, 0.29) is 19.8 Å². The van der Waals surface area contributed by atoms with E-state index >= 15 is 0 Å². The minimum Gasteiger partial charge on any atom is -0.487 e. The standard InChI is InChI=1S/C29H31N3O6S/c1-4-36-28(33)20-32(39(34,35)31(3)25-15-9-6-10-16-25)19-23-12-11-17-26(18-23)37-21-27-22(2)38-29(30-27)24-13-7-5-8-14-24/h5-18H,4,19-21H2,1-3H3. The van der Waals surface area contributed by atoms with Gasteiger partial charge in [0.2, 0.25) is 5.89 Å². The zero-order valence-corrected chi connectivity index (χ0v) is 22.9. The summed E-state index contributed by atoms with van der Waals surface area (Å²) in [6.07, 6.45) is 0. The van der Waals surface area contributed by atoms with Crippen LogP contribution in [0.15, 0.2) is 89.3 Å².